The smallest absolute Gasteiger partial charge is 0.331 e. The molecule has 1 N–H and O–H groups in total. The van der Waals surface area contributed by atoms with Gasteiger partial charge >= 0.3 is 5.69 Å². The molecule has 1 aliphatic rings. The van der Waals surface area contributed by atoms with Crippen molar-refractivity contribution in [2.75, 3.05) is 7.05 Å². The van der Waals surface area contributed by atoms with Gasteiger partial charge in [-0.1, -0.05) is 24.3 Å². The van der Waals surface area contributed by atoms with Crippen molar-refractivity contribution < 1.29 is 4.79 Å². The molecule has 7 heteroatoms. The number of fused-ring (bicyclic) bond motifs is 1. The molecule has 0 radical (unpaired) electrons. The van der Waals surface area contributed by atoms with Crippen molar-refractivity contribution in [2.45, 2.75) is 45.7 Å². The van der Waals surface area contributed by atoms with Crippen molar-refractivity contribution in [1.82, 2.24) is 14.5 Å². The Morgan fingerprint density at radius 2 is 1.83 bits per heavy atom. The third kappa shape index (κ3) is 3.86. The number of benzene rings is 1. The summed E-state index contributed by atoms with van der Waals surface area (Å²) in [5.74, 6) is 0.368. The van der Waals surface area contributed by atoms with Crippen molar-refractivity contribution >= 4 is 27.5 Å². The van der Waals surface area contributed by atoms with Gasteiger partial charge in [-0.15, -0.1) is 11.3 Å². The largest absolute Gasteiger partial charge is 0.359 e. The van der Waals surface area contributed by atoms with Crippen LogP contribution in [0.4, 0.5) is 0 Å². The summed E-state index contributed by atoms with van der Waals surface area (Å²) in [5.41, 5.74) is 2.46. The molecule has 1 fully saturated rings. The van der Waals surface area contributed by atoms with Crippen molar-refractivity contribution in [3.63, 3.8) is 0 Å². The van der Waals surface area contributed by atoms with Gasteiger partial charge in [0, 0.05) is 19.5 Å². The first kappa shape index (κ1) is 20.6. The maximum Gasteiger partial charge on any atom is 0.331 e. The Bertz CT molecular complexity index is 1180. The summed E-state index contributed by atoms with van der Waals surface area (Å²) in [7, 11) is 1.67. The maximum atomic E-state index is 13.4. The van der Waals surface area contributed by atoms with Gasteiger partial charge < -0.3 is 5.32 Å². The lowest BCUT2D eigenvalue weighted by atomic mass is 9.81. The Balaban J connectivity index is 1.66. The van der Waals surface area contributed by atoms with Crippen LogP contribution in [0.15, 0.2) is 45.3 Å². The van der Waals surface area contributed by atoms with E-state index in [0.717, 1.165) is 36.8 Å². The SMILES string of the molecule is CNC(=O)C1CCC(Cn2c(=O)c3sccc3n(Cc3ccccc3C)c2=O)CC1. The van der Waals surface area contributed by atoms with Crippen molar-refractivity contribution in [2.24, 2.45) is 11.8 Å². The van der Waals surface area contributed by atoms with Gasteiger partial charge in [0.1, 0.15) is 4.70 Å². The highest BCUT2D eigenvalue weighted by molar-refractivity contribution is 7.17. The van der Waals surface area contributed by atoms with E-state index in [0.29, 0.717) is 23.3 Å². The van der Waals surface area contributed by atoms with Crippen LogP contribution in [0, 0.1) is 18.8 Å². The highest BCUT2D eigenvalue weighted by Gasteiger charge is 2.27. The van der Waals surface area contributed by atoms with Gasteiger partial charge in [0.15, 0.2) is 0 Å². The number of nitrogens with one attached hydrogen (secondary N) is 1. The van der Waals surface area contributed by atoms with Crippen LogP contribution in [0.5, 0.6) is 0 Å². The minimum Gasteiger partial charge on any atom is -0.359 e. The lowest BCUT2D eigenvalue weighted by Crippen LogP contribution is -2.42. The van der Waals surface area contributed by atoms with E-state index in [4.69, 9.17) is 0 Å². The molecule has 4 rings (SSSR count). The molecule has 1 aromatic carbocycles. The highest BCUT2D eigenvalue weighted by Crippen LogP contribution is 2.29. The van der Waals surface area contributed by atoms with Crippen LogP contribution in [-0.2, 0) is 17.9 Å². The molecule has 0 bridgehead atoms. The van der Waals surface area contributed by atoms with Crippen molar-refractivity contribution in [1.29, 1.82) is 0 Å². The van der Waals surface area contributed by atoms with Gasteiger partial charge in [0.25, 0.3) is 5.56 Å². The summed E-state index contributed by atoms with van der Waals surface area (Å²) >= 11 is 1.39. The van der Waals surface area contributed by atoms with E-state index in [1.165, 1.54) is 15.9 Å². The molecule has 0 atom stereocenters. The third-order valence-electron chi connectivity index (χ3n) is 6.33. The molecule has 0 saturated heterocycles. The number of thiophene rings is 1. The molecular formula is C23H27N3O3S. The first-order chi connectivity index (χ1) is 14.5. The normalized spacial score (nSPS) is 19.1. The fourth-order valence-electron chi connectivity index (χ4n) is 4.47. The molecule has 0 aliphatic heterocycles. The van der Waals surface area contributed by atoms with E-state index in [1.54, 1.807) is 11.6 Å². The minimum atomic E-state index is -0.248. The molecule has 158 valence electrons. The second kappa shape index (κ2) is 8.60. The topological polar surface area (TPSA) is 73.1 Å². The Hall–Kier alpha value is -2.67. The lowest BCUT2D eigenvalue weighted by Gasteiger charge is -2.27. The summed E-state index contributed by atoms with van der Waals surface area (Å²) < 4.78 is 3.77. The summed E-state index contributed by atoms with van der Waals surface area (Å²) in [4.78, 5) is 38.3. The molecule has 30 heavy (non-hydrogen) atoms. The van der Waals surface area contributed by atoms with Crippen molar-refractivity contribution in [3.05, 3.63) is 67.7 Å². The minimum absolute atomic E-state index is 0.0421. The summed E-state index contributed by atoms with van der Waals surface area (Å²) in [5, 5.41) is 4.60. The first-order valence-corrected chi connectivity index (χ1v) is 11.3. The zero-order chi connectivity index (χ0) is 21.3. The predicted octanol–water partition coefficient (Wildman–Crippen LogP) is 3.13. The van der Waals surface area contributed by atoms with Gasteiger partial charge in [0.05, 0.1) is 12.1 Å². The number of rotatable bonds is 5. The van der Waals surface area contributed by atoms with Gasteiger partial charge in [0.2, 0.25) is 5.91 Å². The number of carbonyl (C=O) groups is 1. The van der Waals surface area contributed by atoms with E-state index < -0.39 is 0 Å². The predicted molar refractivity (Wildman–Crippen MR) is 120 cm³/mol. The van der Waals surface area contributed by atoms with E-state index in [1.807, 2.05) is 42.6 Å². The molecule has 2 aromatic heterocycles. The fraction of sp³-hybridized carbons (Fsp3) is 0.435. The summed E-state index contributed by atoms with van der Waals surface area (Å²) in [6.45, 7) is 2.90. The van der Waals surface area contributed by atoms with Crippen LogP contribution in [0.25, 0.3) is 10.2 Å². The van der Waals surface area contributed by atoms with E-state index >= 15 is 0 Å². The van der Waals surface area contributed by atoms with E-state index in [9.17, 15) is 14.4 Å². The average molecular weight is 426 g/mol. The van der Waals surface area contributed by atoms with Crippen LogP contribution in [0.2, 0.25) is 0 Å². The Labute approximate surface area is 179 Å². The summed E-state index contributed by atoms with van der Waals surface area (Å²) in [6, 6.07) is 9.87. The zero-order valence-electron chi connectivity index (χ0n) is 17.4. The third-order valence-corrected chi connectivity index (χ3v) is 7.22. The number of aryl methyl sites for hydroxylation is 1. The van der Waals surface area contributed by atoms with Crippen LogP contribution in [0.3, 0.4) is 0 Å². The second-order valence-electron chi connectivity index (χ2n) is 8.18. The number of carbonyl (C=O) groups excluding carboxylic acids is 1. The molecule has 0 unspecified atom stereocenters. The molecule has 0 spiro atoms. The number of aromatic nitrogens is 2. The standard InChI is InChI=1S/C23H27N3O3S/c1-15-5-3-4-6-18(15)14-25-19-11-12-30-20(19)22(28)26(23(25)29)13-16-7-9-17(10-8-16)21(27)24-2/h3-6,11-12,16-17H,7-10,13-14H2,1-2H3,(H,24,27). The zero-order valence-corrected chi connectivity index (χ0v) is 18.2. The average Bonchev–Trinajstić information content (AvgIpc) is 3.25. The molecular weight excluding hydrogens is 398 g/mol. The van der Waals surface area contributed by atoms with Crippen LogP contribution < -0.4 is 16.6 Å². The van der Waals surface area contributed by atoms with Gasteiger partial charge in [-0.05, 0) is 61.1 Å². The number of nitrogens with zero attached hydrogens (tertiary/aromatic N) is 2. The number of hydrogen-bond acceptors (Lipinski definition) is 4. The molecule has 3 aromatic rings. The molecule has 2 heterocycles. The Morgan fingerprint density at radius 3 is 2.53 bits per heavy atom. The monoisotopic (exact) mass is 425 g/mol. The quantitative estimate of drug-likeness (QED) is 0.683. The Morgan fingerprint density at radius 1 is 1.10 bits per heavy atom. The number of hydrogen-bond donors (Lipinski definition) is 1. The summed E-state index contributed by atoms with van der Waals surface area (Å²) in [6.07, 6.45) is 3.31. The molecule has 6 nitrogen and oxygen atoms in total. The first-order valence-electron chi connectivity index (χ1n) is 10.5. The van der Waals surface area contributed by atoms with Crippen molar-refractivity contribution in [3.8, 4) is 0 Å². The molecule has 1 saturated carbocycles. The van der Waals surface area contributed by atoms with E-state index in [-0.39, 0.29) is 29.0 Å². The lowest BCUT2D eigenvalue weighted by molar-refractivity contribution is -0.125. The van der Waals surface area contributed by atoms with Crippen LogP contribution >= 0.6 is 11.3 Å². The number of amides is 1. The van der Waals surface area contributed by atoms with Gasteiger partial charge in [-0.3, -0.25) is 18.7 Å². The molecule has 1 aliphatic carbocycles. The fourth-order valence-corrected chi connectivity index (χ4v) is 5.32. The molecule has 1 amide bonds. The van der Waals surface area contributed by atoms with Crippen LogP contribution in [0.1, 0.15) is 36.8 Å². The van der Waals surface area contributed by atoms with Gasteiger partial charge in [-0.2, -0.15) is 0 Å². The highest BCUT2D eigenvalue weighted by atomic mass is 32.1. The Kier molecular flexibility index (Phi) is 5.90. The second-order valence-corrected chi connectivity index (χ2v) is 9.09. The van der Waals surface area contributed by atoms with E-state index in [2.05, 4.69) is 5.32 Å². The van der Waals surface area contributed by atoms with Crippen LogP contribution in [-0.4, -0.2) is 22.1 Å². The maximum absolute atomic E-state index is 13.4. The van der Waals surface area contributed by atoms with Gasteiger partial charge in [-0.25, -0.2) is 4.79 Å².